The molecule has 29 heavy (non-hydrogen) atoms. The lowest BCUT2D eigenvalue weighted by atomic mass is 9.93. The Hall–Kier alpha value is -2.94. The van der Waals surface area contributed by atoms with Gasteiger partial charge in [-0.15, -0.1) is 0 Å². The lowest BCUT2D eigenvalue weighted by molar-refractivity contribution is 0.102. The summed E-state index contributed by atoms with van der Waals surface area (Å²) in [6.45, 7) is 7.30. The van der Waals surface area contributed by atoms with Crippen LogP contribution in [0.3, 0.4) is 0 Å². The van der Waals surface area contributed by atoms with Gasteiger partial charge in [-0.3, -0.25) is 9.52 Å². The molecule has 0 saturated carbocycles. The van der Waals surface area contributed by atoms with Crippen molar-refractivity contribution in [3.63, 3.8) is 0 Å². The van der Waals surface area contributed by atoms with Crippen LogP contribution in [0.25, 0.3) is 0 Å². The molecule has 0 aromatic heterocycles. The van der Waals surface area contributed by atoms with Crippen molar-refractivity contribution in [2.75, 3.05) is 10.5 Å². The number of hydrogen-bond acceptors (Lipinski definition) is 5. The highest BCUT2D eigenvalue weighted by atomic mass is 32.2. The first-order chi connectivity index (χ1) is 13.6. The van der Waals surface area contributed by atoms with Crippen molar-refractivity contribution >= 4 is 21.5 Å². The number of nitrogens with one attached hydrogen (secondary N) is 3. The minimum atomic E-state index is -3.81. The van der Waals surface area contributed by atoms with E-state index >= 15 is 0 Å². The topological polar surface area (TPSA) is 87.3 Å². The summed E-state index contributed by atoms with van der Waals surface area (Å²) in [5.74, 6) is -3.43. The molecule has 3 rings (SSSR count). The summed E-state index contributed by atoms with van der Waals surface area (Å²) < 4.78 is 55.3. The maximum atomic E-state index is 14.9. The van der Waals surface area contributed by atoms with E-state index in [0.717, 1.165) is 23.3 Å². The molecule has 0 radical (unpaired) electrons. The molecule has 0 spiro atoms. The Morgan fingerprint density at radius 2 is 1.93 bits per heavy atom. The predicted molar refractivity (Wildman–Crippen MR) is 108 cm³/mol. The van der Waals surface area contributed by atoms with Gasteiger partial charge in [-0.05, 0) is 42.7 Å². The first-order valence-corrected chi connectivity index (χ1v) is 10.6. The number of carbonyl (C=O) groups is 1. The van der Waals surface area contributed by atoms with E-state index in [0.29, 0.717) is 12.0 Å². The number of Topliss-reactive ketones (excluding diaryl/α,β-unsaturated/α-hetero) is 1. The van der Waals surface area contributed by atoms with E-state index in [2.05, 4.69) is 21.9 Å². The molecule has 0 saturated heterocycles. The third-order valence-electron chi connectivity index (χ3n) is 4.53. The highest BCUT2D eigenvalue weighted by Crippen LogP contribution is 2.31. The average molecular weight is 421 g/mol. The van der Waals surface area contributed by atoms with Crippen molar-refractivity contribution in [1.29, 1.82) is 0 Å². The quantitative estimate of drug-likeness (QED) is 0.589. The minimum absolute atomic E-state index is 0.0840. The Morgan fingerprint density at radius 3 is 2.59 bits per heavy atom. The van der Waals surface area contributed by atoms with Crippen LogP contribution < -0.4 is 15.4 Å². The number of sulfonamides is 1. The molecule has 0 amide bonds. The first-order valence-electron chi connectivity index (χ1n) is 8.98. The first kappa shape index (κ1) is 20.8. The molecule has 0 fully saturated rings. The van der Waals surface area contributed by atoms with E-state index in [1.807, 2.05) is 0 Å². The standard InChI is InChI=1S/C20H21F2N3O3S/c1-4-7-29(27,28)25-16-6-5-15(21)17(18(16)22)19(26)14-10-24-20-13(14)8-12(9-23-20)11(2)3/h5-6,8-10,20,23-25H,2,4,7H2,1,3H3. The number of anilines is 1. The zero-order valence-electron chi connectivity index (χ0n) is 16.0. The van der Waals surface area contributed by atoms with Gasteiger partial charge >= 0.3 is 0 Å². The fourth-order valence-electron chi connectivity index (χ4n) is 3.08. The Morgan fingerprint density at radius 1 is 1.24 bits per heavy atom. The Bertz CT molecular complexity index is 1090. The van der Waals surface area contributed by atoms with Gasteiger partial charge in [-0.1, -0.05) is 13.5 Å². The number of allylic oxidation sites excluding steroid dienone is 3. The van der Waals surface area contributed by atoms with Gasteiger partial charge in [-0.2, -0.15) is 0 Å². The lowest BCUT2D eigenvalue weighted by Crippen LogP contribution is -2.37. The summed E-state index contributed by atoms with van der Waals surface area (Å²) in [5.41, 5.74) is 0.826. The highest BCUT2D eigenvalue weighted by molar-refractivity contribution is 7.92. The van der Waals surface area contributed by atoms with Crippen molar-refractivity contribution in [2.45, 2.75) is 26.4 Å². The van der Waals surface area contributed by atoms with Crippen LogP contribution in [0.4, 0.5) is 14.5 Å². The molecule has 1 aromatic carbocycles. The zero-order chi connectivity index (χ0) is 21.3. The summed E-state index contributed by atoms with van der Waals surface area (Å²) in [7, 11) is -3.81. The largest absolute Gasteiger partial charge is 0.367 e. The zero-order valence-corrected chi connectivity index (χ0v) is 16.8. The third kappa shape index (κ3) is 4.09. The van der Waals surface area contributed by atoms with Crippen molar-refractivity contribution in [3.05, 3.63) is 76.7 Å². The van der Waals surface area contributed by atoms with Crippen molar-refractivity contribution in [2.24, 2.45) is 0 Å². The molecule has 1 atom stereocenters. The average Bonchev–Trinajstić information content (AvgIpc) is 3.07. The molecule has 2 heterocycles. The predicted octanol–water partition coefficient (Wildman–Crippen LogP) is 3.10. The van der Waals surface area contributed by atoms with Gasteiger partial charge in [0, 0.05) is 23.5 Å². The highest BCUT2D eigenvalue weighted by Gasteiger charge is 2.33. The van der Waals surface area contributed by atoms with Crippen LogP contribution in [-0.4, -0.2) is 26.1 Å². The van der Waals surface area contributed by atoms with Gasteiger partial charge in [-0.25, -0.2) is 17.2 Å². The maximum absolute atomic E-state index is 14.9. The number of dihydropyridines is 1. The fraction of sp³-hybridized carbons (Fsp3) is 0.250. The Kier molecular flexibility index (Phi) is 5.61. The van der Waals surface area contributed by atoms with E-state index in [9.17, 15) is 22.0 Å². The molecule has 0 bridgehead atoms. The maximum Gasteiger partial charge on any atom is 0.232 e. The molecular weight excluding hydrogens is 400 g/mol. The van der Waals surface area contributed by atoms with Gasteiger partial charge in [0.15, 0.2) is 5.82 Å². The number of carbonyl (C=O) groups excluding carboxylic acids is 1. The van der Waals surface area contributed by atoms with Crippen LogP contribution in [0, 0.1) is 11.6 Å². The number of benzene rings is 1. The molecule has 154 valence electrons. The summed E-state index contributed by atoms with van der Waals surface area (Å²) >= 11 is 0. The van der Waals surface area contributed by atoms with Crippen LogP contribution in [0.5, 0.6) is 0 Å². The smallest absolute Gasteiger partial charge is 0.232 e. The van der Waals surface area contributed by atoms with Crippen molar-refractivity contribution < 1.29 is 22.0 Å². The van der Waals surface area contributed by atoms with Crippen LogP contribution >= 0.6 is 0 Å². The van der Waals surface area contributed by atoms with Gasteiger partial charge in [0.2, 0.25) is 15.8 Å². The van der Waals surface area contributed by atoms with Crippen LogP contribution in [0.2, 0.25) is 0 Å². The summed E-state index contributed by atoms with van der Waals surface area (Å²) in [5, 5.41) is 5.98. The number of rotatable bonds is 7. The number of fused-ring (bicyclic) bond motifs is 1. The van der Waals surface area contributed by atoms with Crippen molar-refractivity contribution in [3.8, 4) is 0 Å². The second kappa shape index (κ2) is 7.82. The van der Waals surface area contributed by atoms with Gasteiger partial charge in [0.1, 0.15) is 12.0 Å². The number of halogens is 2. The van der Waals surface area contributed by atoms with Gasteiger partial charge < -0.3 is 10.6 Å². The molecule has 9 heteroatoms. The fourth-order valence-corrected chi connectivity index (χ4v) is 4.21. The van der Waals surface area contributed by atoms with Crippen molar-refractivity contribution in [1.82, 2.24) is 10.6 Å². The number of hydrogen-bond donors (Lipinski definition) is 3. The Balaban J connectivity index is 1.99. The normalized spacial score (nSPS) is 17.9. The van der Waals surface area contributed by atoms with E-state index in [1.54, 1.807) is 26.1 Å². The summed E-state index contributed by atoms with van der Waals surface area (Å²) in [6, 6.07) is 1.83. The van der Waals surface area contributed by atoms with Gasteiger partial charge in [0.05, 0.1) is 17.0 Å². The van der Waals surface area contributed by atoms with Crippen LogP contribution in [0.1, 0.15) is 30.6 Å². The molecule has 1 unspecified atom stereocenters. The van der Waals surface area contributed by atoms with E-state index in [4.69, 9.17) is 0 Å². The number of ketones is 1. The molecular formula is C20H21F2N3O3S. The molecule has 2 aliphatic rings. The second-order valence-electron chi connectivity index (χ2n) is 6.84. The summed E-state index contributed by atoms with van der Waals surface area (Å²) in [6.07, 6.45) is 4.75. The molecule has 2 aliphatic heterocycles. The molecule has 0 aliphatic carbocycles. The SMILES string of the molecule is C=C(C)C1=CNC2NC=C(C(=O)c3c(F)ccc(NS(=O)(=O)CCC)c3F)C2=C1. The summed E-state index contributed by atoms with van der Waals surface area (Å²) in [4.78, 5) is 13.0. The molecule has 3 N–H and O–H groups in total. The van der Waals surface area contributed by atoms with E-state index in [1.165, 1.54) is 6.20 Å². The minimum Gasteiger partial charge on any atom is -0.367 e. The van der Waals surface area contributed by atoms with Crippen LogP contribution in [-0.2, 0) is 10.0 Å². The Labute approximate surface area is 168 Å². The lowest BCUT2D eigenvalue weighted by Gasteiger charge is -2.21. The van der Waals surface area contributed by atoms with Gasteiger partial charge in [0.25, 0.3) is 0 Å². The second-order valence-corrected chi connectivity index (χ2v) is 8.68. The van der Waals surface area contributed by atoms with Crippen LogP contribution in [0.15, 0.2) is 59.5 Å². The monoisotopic (exact) mass is 421 g/mol. The van der Waals surface area contributed by atoms with E-state index in [-0.39, 0.29) is 11.3 Å². The molecule has 6 nitrogen and oxygen atoms in total. The van der Waals surface area contributed by atoms with E-state index < -0.39 is 44.9 Å². The molecule has 1 aromatic rings. The third-order valence-corrected chi connectivity index (χ3v) is 6.00.